The summed E-state index contributed by atoms with van der Waals surface area (Å²) in [5, 5.41) is -0.0741. The Bertz CT molecular complexity index is 133. The molecule has 62 valence electrons. The average molecular weight is 164 g/mol. The van der Waals surface area contributed by atoms with E-state index in [0.29, 0.717) is 0 Å². The molecule has 2 nitrogen and oxygen atoms in total. The molecule has 0 radical (unpaired) electrons. The van der Waals surface area contributed by atoms with Crippen molar-refractivity contribution in [3.63, 3.8) is 0 Å². The van der Waals surface area contributed by atoms with Crippen molar-refractivity contribution in [2.24, 2.45) is 0 Å². The molecule has 0 aromatic heterocycles. The predicted octanol–water partition coefficient (Wildman–Crippen LogP) is 1.57. The Morgan fingerprint density at radius 1 is 1.30 bits per heavy atom. The molecule has 1 atom stereocenters. The van der Waals surface area contributed by atoms with Gasteiger partial charge in [-0.15, -0.1) is 0 Å². The summed E-state index contributed by atoms with van der Waals surface area (Å²) in [6.07, 6.45) is 3.71. The van der Waals surface area contributed by atoms with Crippen LogP contribution in [0.4, 0.5) is 0 Å². The highest BCUT2D eigenvalue weighted by Gasteiger charge is 2.06. The molecule has 0 aliphatic rings. The van der Waals surface area contributed by atoms with Crippen LogP contribution >= 0.6 is 0 Å². The van der Waals surface area contributed by atoms with Gasteiger partial charge in [-0.25, -0.2) is 8.42 Å². The van der Waals surface area contributed by atoms with E-state index < -0.39 is 10.7 Å². The first-order valence-corrected chi connectivity index (χ1v) is 5.10. The van der Waals surface area contributed by atoms with E-state index in [1.54, 1.807) is 0 Å². The molecule has 0 N–H and O–H groups in total. The van der Waals surface area contributed by atoms with Crippen LogP contribution in [0.15, 0.2) is 0 Å². The van der Waals surface area contributed by atoms with Crippen molar-refractivity contribution >= 4 is 10.7 Å². The first kappa shape index (κ1) is 9.95. The summed E-state index contributed by atoms with van der Waals surface area (Å²) in [5.74, 6) is 0. The fraction of sp³-hybridized carbons (Fsp3) is 1.00. The molecule has 0 aliphatic carbocycles. The molecular formula is C7H16O2S. The minimum Gasteiger partial charge on any atom is -0.232 e. The molecule has 0 fully saturated rings. The summed E-state index contributed by atoms with van der Waals surface area (Å²) in [5.41, 5.74) is 0. The standard InChI is InChI=1S/C7H16O2S/c1-3-5-6-7(4-2)10(8)9/h7,10H,3-6H2,1-2H3. The first-order chi connectivity index (χ1) is 4.72. The maximum absolute atomic E-state index is 10.5. The zero-order chi connectivity index (χ0) is 7.98. The number of rotatable bonds is 5. The van der Waals surface area contributed by atoms with Gasteiger partial charge in [-0.1, -0.05) is 26.7 Å². The van der Waals surface area contributed by atoms with E-state index in [2.05, 4.69) is 6.92 Å². The number of unbranched alkanes of at least 4 members (excludes halogenated alkanes) is 1. The van der Waals surface area contributed by atoms with Gasteiger partial charge < -0.3 is 0 Å². The molecule has 0 bridgehead atoms. The minimum absolute atomic E-state index is 0.0741. The van der Waals surface area contributed by atoms with Crippen LogP contribution in [-0.4, -0.2) is 13.7 Å². The summed E-state index contributed by atoms with van der Waals surface area (Å²) < 4.78 is 20.9. The number of thiol groups is 1. The smallest absolute Gasteiger partial charge is 0.142 e. The van der Waals surface area contributed by atoms with E-state index in [1.807, 2.05) is 6.92 Å². The molecule has 0 spiro atoms. The van der Waals surface area contributed by atoms with Crippen LogP contribution in [-0.2, 0) is 10.7 Å². The Morgan fingerprint density at radius 3 is 2.20 bits per heavy atom. The van der Waals surface area contributed by atoms with Crippen molar-refractivity contribution < 1.29 is 8.42 Å². The van der Waals surface area contributed by atoms with Crippen molar-refractivity contribution in [3.8, 4) is 0 Å². The van der Waals surface area contributed by atoms with E-state index in [0.717, 1.165) is 25.7 Å². The van der Waals surface area contributed by atoms with E-state index in [4.69, 9.17) is 0 Å². The Hall–Kier alpha value is -0.0500. The Morgan fingerprint density at radius 2 is 1.90 bits per heavy atom. The van der Waals surface area contributed by atoms with Gasteiger partial charge in [-0.2, -0.15) is 0 Å². The average Bonchev–Trinajstić information content (AvgIpc) is 1.89. The Labute approximate surface area is 64.6 Å². The van der Waals surface area contributed by atoms with Crippen molar-refractivity contribution in [2.75, 3.05) is 0 Å². The third-order valence-corrected chi connectivity index (χ3v) is 2.88. The topological polar surface area (TPSA) is 34.1 Å². The zero-order valence-electron chi connectivity index (χ0n) is 6.67. The third-order valence-electron chi connectivity index (χ3n) is 1.66. The van der Waals surface area contributed by atoms with Crippen molar-refractivity contribution in [3.05, 3.63) is 0 Å². The molecule has 0 aliphatic heterocycles. The largest absolute Gasteiger partial charge is 0.232 e. The molecule has 0 aromatic carbocycles. The molecule has 0 saturated carbocycles. The van der Waals surface area contributed by atoms with Crippen LogP contribution in [0.1, 0.15) is 39.5 Å². The van der Waals surface area contributed by atoms with Crippen molar-refractivity contribution in [1.29, 1.82) is 0 Å². The molecule has 3 heteroatoms. The van der Waals surface area contributed by atoms with Gasteiger partial charge in [0.25, 0.3) is 0 Å². The maximum atomic E-state index is 10.5. The van der Waals surface area contributed by atoms with Gasteiger partial charge >= 0.3 is 0 Å². The predicted molar refractivity (Wildman–Crippen MR) is 43.9 cm³/mol. The third kappa shape index (κ3) is 3.88. The fourth-order valence-electron chi connectivity index (χ4n) is 0.898. The lowest BCUT2D eigenvalue weighted by Gasteiger charge is -2.04. The molecule has 0 rings (SSSR count). The lowest BCUT2D eigenvalue weighted by Crippen LogP contribution is -2.07. The minimum atomic E-state index is -2.18. The normalized spacial score (nSPS) is 13.9. The summed E-state index contributed by atoms with van der Waals surface area (Å²) >= 11 is 0. The SMILES string of the molecule is CCCCC(CC)[SH](=O)=O. The van der Waals surface area contributed by atoms with Crippen molar-refractivity contribution in [2.45, 2.75) is 44.8 Å². The van der Waals surface area contributed by atoms with Gasteiger partial charge in [0.05, 0.1) is 5.25 Å². The quantitative estimate of drug-likeness (QED) is 0.626. The number of hydrogen-bond acceptors (Lipinski definition) is 2. The molecule has 10 heavy (non-hydrogen) atoms. The Kier molecular flexibility index (Phi) is 5.69. The van der Waals surface area contributed by atoms with E-state index >= 15 is 0 Å². The van der Waals surface area contributed by atoms with E-state index in [1.165, 1.54) is 0 Å². The van der Waals surface area contributed by atoms with Gasteiger partial charge in [-0.05, 0) is 12.8 Å². The second kappa shape index (κ2) is 5.71. The number of hydrogen-bond donors (Lipinski definition) is 1. The van der Waals surface area contributed by atoms with Gasteiger partial charge in [0.15, 0.2) is 0 Å². The van der Waals surface area contributed by atoms with Gasteiger partial charge in [-0.3, -0.25) is 0 Å². The van der Waals surface area contributed by atoms with Crippen LogP contribution in [0.25, 0.3) is 0 Å². The molecule has 1 unspecified atom stereocenters. The van der Waals surface area contributed by atoms with Crippen LogP contribution in [0.2, 0.25) is 0 Å². The van der Waals surface area contributed by atoms with Crippen LogP contribution < -0.4 is 0 Å². The zero-order valence-corrected chi connectivity index (χ0v) is 7.56. The monoisotopic (exact) mass is 164 g/mol. The van der Waals surface area contributed by atoms with Crippen LogP contribution in [0.3, 0.4) is 0 Å². The molecule has 0 aromatic rings. The van der Waals surface area contributed by atoms with Crippen LogP contribution in [0, 0.1) is 0 Å². The first-order valence-electron chi connectivity index (χ1n) is 3.85. The lowest BCUT2D eigenvalue weighted by molar-refractivity contribution is 0.576. The molecule has 0 amide bonds. The Balaban J connectivity index is 3.61. The van der Waals surface area contributed by atoms with Crippen molar-refractivity contribution in [1.82, 2.24) is 0 Å². The lowest BCUT2D eigenvalue weighted by atomic mass is 10.2. The van der Waals surface area contributed by atoms with E-state index in [9.17, 15) is 8.42 Å². The van der Waals surface area contributed by atoms with Crippen LogP contribution in [0.5, 0.6) is 0 Å². The van der Waals surface area contributed by atoms with Gasteiger partial charge in [0, 0.05) is 0 Å². The second-order valence-corrected chi connectivity index (χ2v) is 3.79. The molecular weight excluding hydrogens is 148 g/mol. The fourth-order valence-corrected chi connectivity index (χ4v) is 1.59. The summed E-state index contributed by atoms with van der Waals surface area (Å²) in [7, 11) is -2.18. The maximum Gasteiger partial charge on any atom is 0.142 e. The highest BCUT2D eigenvalue weighted by Crippen LogP contribution is 2.06. The highest BCUT2D eigenvalue weighted by atomic mass is 32.2. The summed E-state index contributed by atoms with van der Waals surface area (Å²) in [6, 6.07) is 0. The van der Waals surface area contributed by atoms with E-state index in [-0.39, 0.29) is 5.25 Å². The molecule has 0 heterocycles. The summed E-state index contributed by atoms with van der Waals surface area (Å²) in [4.78, 5) is 0. The van der Waals surface area contributed by atoms with Gasteiger partial charge in [0.1, 0.15) is 10.7 Å². The summed E-state index contributed by atoms with van der Waals surface area (Å²) in [6.45, 7) is 4.00. The highest BCUT2D eigenvalue weighted by molar-refractivity contribution is 7.73. The van der Waals surface area contributed by atoms with Gasteiger partial charge in [0.2, 0.25) is 0 Å². The second-order valence-electron chi connectivity index (χ2n) is 2.49. The molecule has 0 saturated heterocycles.